The number of methoxy groups -OCH3 is 1. The Kier molecular flexibility index (Phi) is 10.8. The lowest BCUT2D eigenvalue weighted by atomic mass is 10.0. The Morgan fingerprint density at radius 1 is 0.905 bits per heavy atom. The second-order valence-corrected chi connectivity index (χ2v) is 13.0. The molecule has 4 rings (SSSR count). The predicted octanol–water partition coefficient (Wildman–Crippen LogP) is 4.48. The van der Waals surface area contributed by atoms with Gasteiger partial charge in [0.25, 0.3) is 0 Å². The van der Waals surface area contributed by atoms with Gasteiger partial charge in [0.15, 0.2) is 0 Å². The Balaban J connectivity index is 1.55. The van der Waals surface area contributed by atoms with Gasteiger partial charge in [0.05, 0.1) is 12.0 Å². The van der Waals surface area contributed by atoms with Gasteiger partial charge in [0.1, 0.15) is 11.8 Å². The number of amides is 2. The van der Waals surface area contributed by atoms with Crippen molar-refractivity contribution in [1.29, 1.82) is 0 Å². The van der Waals surface area contributed by atoms with Gasteiger partial charge in [-0.2, -0.15) is 0 Å². The van der Waals surface area contributed by atoms with Crippen LogP contribution in [0.3, 0.4) is 0 Å². The smallest absolute Gasteiger partial charge is 0.243 e. The second kappa shape index (κ2) is 14.5. The van der Waals surface area contributed by atoms with E-state index in [1.165, 1.54) is 0 Å². The number of benzene rings is 3. The van der Waals surface area contributed by atoms with Crippen molar-refractivity contribution in [3.63, 3.8) is 0 Å². The molecular weight excluding hydrogens is 550 g/mol. The Bertz CT molecular complexity index is 1420. The van der Waals surface area contributed by atoms with E-state index in [0.717, 1.165) is 29.5 Å². The van der Waals surface area contributed by atoms with Crippen molar-refractivity contribution in [2.24, 2.45) is 5.92 Å². The van der Waals surface area contributed by atoms with Crippen LogP contribution in [0.5, 0.6) is 5.75 Å². The zero-order valence-electron chi connectivity index (χ0n) is 24.6. The Hall–Kier alpha value is -3.69. The third kappa shape index (κ3) is 9.16. The quantitative estimate of drug-likeness (QED) is 0.271. The summed E-state index contributed by atoms with van der Waals surface area (Å²) in [6, 6.07) is 23.2. The van der Waals surface area contributed by atoms with Crippen LogP contribution in [0.15, 0.2) is 83.8 Å². The van der Waals surface area contributed by atoms with Crippen LogP contribution in [0, 0.1) is 5.92 Å². The maximum atomic E-state index is 13.9. The first-order chi connectivity index (χ1) is 20.1. The molecule has 0 bridgehead atoms. The molecule has 3 aromatic carbocycles. The summed E-state index contributed by atoms with van der Waals surface area (Å²) in [6.45, 7) is 4.84. The topological polar surface area (TPSA) is 105 Å². The number of rotatable bonds is 15. The van der Waals surface area contributed by atoms with Crippen molar-refractivity contribution in [2.45, 2.75) is 69.5 Å². The van der Waals surface area contributed by atoms with Gasteiger partial charge >= 0.3 is 0 Å². The van der Waals surface area contributed by atoms with Crippen molar-refractivity contribution in [2.75, 3.05) is 13.7 Å². The van der Waals surface area contributed by atoms with Crippen LogP contribution in [-0.2, 0) is 39.0 Å². The maximum Gasteiger partial charge on any atom is 0.243 e. The highest BCUT2D eigenvalue weighted by Gasteiger charge is 2.31. The molecule has 8 nitrogen and oxygen atoms in total. The van der Waals surface area contributed by atoms with E-state index in [1.54, 1.807) is 36.3 Å². The molecule has 0 radical (unpaired) electrons. The van der Waals surface area contributed by atoms with Gasteiger partial charge in [-0.1, -0.05) is 68.4 Å². The normalized spacial score (nSPS) is 13.9. The molecule has 42 heavy (non-hydrogen) atoms. The van der Waals surface area contributed by atoms with E-state index in [0.29, 0.717) is 25.1 Å². The molecule has 1 fully saturated rings. The molecule has 224 valence electrons. The highest BCUT2D eigenvalue weighted by Crippen LogP contribution is 2.23. The second-order valence-electron chi connectivity index (χ2n) is 11.3. The molecule has 1 saturated carbocycles. The van der Waals surface area contributed by atoms with E-state index in [9.17, 15) is 18.0 Å². The monoisotopic (exact) mass is 591 g/mol. The van der Waals surface area contributed by atoms with Crippen molar-refractivity contribution in [3.05, 3.63) is 95.6 Å². The van der Waals surface area contributed by atoms with E-state index >= 15 is 0 Å². The Labute approximate surface area is 249 Å². The number of nitrogens with zero attached hydrogens (tertiary/aromatic N) is 1. The molecule has 0 unspecified atom stereocenters. The molecule has 0 aliphatic heterocycles. The van der Waals surface area contributed by atoms with Crippen LogP contribution in [0.25, 0.3) is 0 Å². The first-order valence-electron chi connectivity index (χ1n) is 14.5. The lowest BCUT2D eigenvalue weighted by Crippen LogP contribution is -2.51. The summed E-state index contributed by atoms with van der Waals surface area (Å²) in [5, 5.41) is 3.04. The molecule has 1 aliphatic carbocycles. The SMILES string of the molecule is COc1ccc(CN(C(=O)CCc2ccc(S(=O)(=O)NC3CC3)cc2)[C@H](Cc2ccccc2)C(=O)NCC(C)C)cc1. The minimum atomic E-state index is -3.54. The molecule has 3 aromatic rings. The molecule has 1 aliphatic rings. The fourth-order valence-corrected chi connectivity index (χ4v) is 5.93. The molecule has 1 atom stereocenters. The number of carbonyl (C=O) groups excluding carboxylic acids is 2. The molecule has 0 spiro atoms. The number of nitrogens with one attached hydrogen (secondary N) is 2. The minimum absolute atomic E-state index is 0.0329. The van der Waals surface area contributed by atoms with Crippen LogP contribution in [0.2, 0.25) is 0 Å². The minimum Gasteiger partial charge on any atom is -0.497 e. The van der Waals surface area contributed by atoms with Crippen LogP contribution < -0.4 is 14.8 Å². The standard InChI is InChI=1S/C33H41N3O5S/c1-24(2)22-34-33(38)31(21-26-7-5-4-6-8-26)36(23-27-9-16-29(41-3)17-10-27)32(37)20-13-25-11-18-30(19-12-25)42(39,40)35-28-14-15-28/h4-12,16-19,24,28,31,35H,13-15,20-23H2,1-3H3,(H,34,38)/t31-/m1/s1. The van der Waals surface area contributed by atoms with E-state index < -0.39 is 16.1 Å². The summed E-state index contributed by atoms with van der Waals surface area (Å²) >= 11 is 0. The van der Waals surface area contributed by atoms with E-state index in [2.05, 4.69) is 10.0 Å². The molecule has 9 heteroatoms. The van der Waals surface area contributed by atoms with Gasteiger partial charge in [-0.3, -0.25) is 9.59 Å². The van der Waals surface area contributed by atoms with Gasteiger partial charge in [-0.15, -0.1) is 0 Å². The van der Waals surface area contributed by atoms with Crippen LogP contribution in [-0.4, -0.2) is 50.9 Å². The van der Waals surface area contributed by atoms with Crippen LogP contribution >= 0.6 is 0 Å². The summed E-state index contributed by atoms with van der Waals surface area (Å²) in [4.78, 5) is 29.4. The van der Waals surface area contributed by atoms with Crippen molar-refractivity contribution in [3.8, 4) is 5.75 Å². The van der Waals surface area contributed by atoms with Gasteiger partial charge < -0.3 is 15.0 Å². The van der Waals surface area contributed by atoms with Gasteiger partial charge in [0.2, 0.25) is 21.8 Å². The molecular formula is C33H41N3O5S. The lowest BCUT2D eigenvalue weighted by Gasteiger charge is -2.32. The van der Waals surface area contributed by atoms with Crippen molar-refractivity contribution < 1.29 is 22.7 Å². The summed E-state index contributed by atoms with van der Waals surface area (Å²) in [5.74, 6) is 0.638. The number of sulfonamides is 1. The van der Waals surface area contributed by atoms with E-state index in [4.69, 9.17) is 4.74 Å². The summed E-state index contributed by atoms with van der Waals surface area (Å²) < 4.78 is 33.0. The average Bonchev–Trinajstić information content (AvgIpc) is 3.80. The van der Waals surface area contributed by atoms with Gasteiger partial charge in [0, 0.05) is 32.0 Å². The molecule has 0 aromatic heterocycles. The summed E-state index contributed by atoms with van der Waals surface area (Å²) in [7, 11) is -1.94. The number of ether oxygens (including phenoxy) is 1. The predicted molar refractivity (Wildman–Crippen MR) is 163 cm³/mol. The molecule has 0 heterocycles. The highest BCUT2D eigenvalue weighted by atomic mass is 32.2. The highest BCUT2D eigenvalue weighted by molar-refractivity contribution is 7.89. The lowest BCUT2D eigenvalue weighted by molar-refractivity contribution is -0.141. The van der Waals surface area contributed by atoms with Crippen molar-refractivity contribution >= 4 is 21.8 Å². The number of hydrogen-bond donors (Lipinski definition) is 2. The fourth-order valence-electron chi connectivity index (χ4n) is 4.62. The zero-order valence-corrected chi connectivity index (χ0v) is 25.4. The zero-order chi connectivity index (χ0) is 30.1. The molecule has 2 N–H and O–H groups in total. The Morgan fingerprint density at radius 2 is 1.55 bits per heavy atom. The van der Waals surface area contributed by atoms with Crippen molar-refractivity contribution in [1.82, 2.24) is 14.9 Å². The first-order valence-corrected chi connectivity index (χ1v) is 16.0. The van der Waals surface area contributed by atoms with Crippen LogP contribution in [0.4, 0.5) is 0 Å². The maximum absolute atomic E-state index is 13.9. The fraction of sp³-hybridized carbons (Fsp3) is 0.394. The van der Waals surface area contributed by atoms with E-state index in [1.807, 2.05) is 68.4 Å². The third-order valence-corrected chi connectivity index (χ3v) is 8.76. The van der Waals surface area contributed by atoms with E-state index in [-0.39, 0.29) is 41.6 Å². The molecule has 0 saturated heterocycles. The van der Waals surface area contributed by atoms with Gasteiger partial charge in [-0.25, -0.2) is 13.1 Å². The van der Waals surface area contributed by atoms with Gasteiger partial charge in [-0.05, 0) is 66.1 Å². The first kappa shape index (κ1) is 31.3. The van der Waals surface area contributed by atoms with Crippen LogP contribution in [0.1, 0.15) is 49.8 Å². The molecule has 2 amide bonds. The Morgan fingerprint density at radius 3 is 2.14 bits per heavy atom. The number of hydrogen-bond acceptors (Lipinski definition) is 5. The summed E-state index contributed by atoms with van der Waals surface area (Å²) in [6.07, 6.45) is 2.71. The third-order valence-electron chi connectivity index (χ3n) is 7.23. The largest absolute Gasteiger partial charge is 0.497 e. The number of carbonyl (C=O) groups is 2. The number of aryl methyl sites for hydroxylation is 1. The summed E-state index contributed by atoms with van der Waals surface area (Å²) in [5.41, 5.74) is 2.70. The average molecular weight is 592 g/mol.